The molecule has 0 aromatic carbocycles. The molecule has 0 amide bonds. The fourth-order valence-electron chi connectivity index (χ4n) is 1.92. The van der Waals surface area contributed by atoms with Crippen molar-refractivity contribution in [2.24, 2.45) is 0 Å². The quantitative estimate of drug-likeness (QED) is 0.576. The van der Waals surface area contributed by atoms with Gasteiger partial charge in [-0.1, -0.05) is 25.9 Å². The largest absolute Gasteiger partial charge is 0.390 e. The molecule has 0 bridgehead atoms. The number of rotatable bonds is 1. The molecule has 1 saturated carbocycles. The van der Waals surface area contributed by atoms with Crippen LogP contribution < -0.4 is 0 Å². The molecule has 11 heavy (non-hydrogen) atoms. The summed E-state index contributed by atoms with van der Waals surface area (Å²) in [5.74, 6) is 0. The average molecular weight is 174 g/mol. The molecular weight excluding hydrogens is 156 g/mol. The second-order valence-corrected chi connectivity index (χ2v) is 7.24. The van der Waals surface area contributed by atoms with Crippen LogP contribution in [0.4, 0.5) is 0 Å². The van der Waals surface area contributed by atoms with Crippen LogP contribution in [0.3, 0.4) is 0 Å². The van der Waals surface area contributed by atoms with E-state index in [2.05, 4.69) is 13.1 Å². The van der Waals surface area contributed by atoms with Gasteiger partial charge < -0.3 is 10.2 Å². The molecule has 66 valence electrons. The summed E-state index contributed by atoms with van der Waals surface area (Å²) in [6, 6.07) is 0. The number of hydrogen-bond acceptors (Lipinski definition) is 2. The molecule has 1 rings (SSSR count). The minimum atomic E-state index is -0.758. The van der Waals surface area contributed by atoms with Crippen LogP contribution in [0.2, 0.25) is 18.6 Å². The van der Waals surface area contributed by atoms with Gasteiger partial charge >= 0.3 is 0 Å². The van der Waals surface area contributed by atoms with Gasteiger partial charge in [-0.2, -0.15) is 0 Å². The first-order valence-corrected chi connectivity index (χ1v) is 7.46. The molecule has 0 heterocycles. The first-order valence-electron chi connectivity index (χ1n) is 4.49. The third-order valence-electron chi connectivity index (χ3n) is 2.73. The summed E-state index contributed by atoms with van der Waals surface area (Å²) >= 11 is 0. The highest BCUT2D eigenvalue weighted by Crippen LogP contribution is 2.31. The molecular formula is C8H18O2Si. The van der Waals surface area contributed by atoms with Gasteiger partial charge in [0.05, 0.1) is 12.2 Å². The minimum absolute atomic E-state index is 0.421. The Morgan fingerprint density at radius 2 is 1.82 bits per heavy atom. The maximum atomic E-state index is 9.59. The molecule has 0 spiro atoms. The lowest BCUT2D eigenvalue weighted by molar-refractivity contribution is -0.00909. The first-order chi connectivity index (χ1) is 5.13. The molecule has 2 nitrogen and oxygen atoms in total. The summed E-state index contributed by atoms with van der Waals surface area (Å²) < 4.78 is 0. The Kier molecular flexibility index (Phi) is 3.10. The summed E-state index contributed by atoms with van der Waals surface area (Å²) in [7, 11) is -0.758. The van der Waals surface area contributed by atoms with Crippen molar-refractivity contribution in [1.29, 1.82) is 0 Å². The van der Waals surface area contributed by atoms with E-state index in [1.807, 2.05) is 0 Å². The van der Waals surface area contributed by atoms with Gasteiger partial charge in [-0.05, 0) is 12.0 Å². The Labute approximate surface area is 69.9 Å². The molecule has 1 unspecified atom stereocenters. The zero-order valence-electron chi connectivity index (χ0n) is 7.33. The van der Waals surface area contributed by atoms with E-state index < -0.39 is 21.0 Å². The summed E-state index contributed by atoms with van der Waals surface area (Å²) in [6.45, 7) is 4.48. The van der Waals surface area contributed by atoms with E-state index in [0.29, 0.717) is 5.54 Å². The van der Waals surface area contributed by atoms with Crippen molar-refractivity contribution in [3.63, 3.8) is 0 Å². The lowest BCUT2D eigenvalue weighted by Gasteiger charge is -2.33. The van der Waals surface area contributed by atoms with Crippen LogP contribution in [-0.4, -0.2) is 31.2 Å². The summed E-state index contributed by atoms with van der Waals surface area (Å²) in [5, 5.41) is 19.0. The fourth-order valence-corrected chi connectivity index (χ4v) is 3.86. The van der Waals surface area contributed by atoms with Gasteiger partial charge in [-0.3, -0.25) is 0 Å². The zero-order chi connectivity index (χ0) is 8.43. The average Bonchev–Trinajstić information content (AvgIpc) is 1.94. The van der Waals surface area contributed by atoms with Crippen LogP contribution >= 0.6 is 0 Å². The number of hydrogen-bond donors (Lipinski definition) is 2. The Morgan fingerprint density at radius 1 is 1.18 bits per heavy atom. The van der Waals surface area contributed by atoms with Gasteiger partial charge in [0, 0.05) is 8.80 Å². The van der Waals surface area contributed by atoms with Gasteiger partial charge in [0.25, 0.3) is 0 Å². The standard InChI is InChI=1S/C8H18O2Si/c1-11(2)7-5-3-4-6(9)8(7)10/h6-11H,3-5H2,1-2H3/t6-,7?,8-/m0/s1. The van der Waals surface area contributed by atoms with Crippen LogP contribution in [0.5, 0.6) is 0 Å². The van der Waals surface area contributed by atoms with Gasteiger partial charge in [0.1, 0.15) is 0 Å². The molecule has 1 aliphatic rings. The highest BCUT2D eigenvalue weighted by atomic mass is 28.3. The summed E-state index contributed by atoms with van der Waals surface area (Å²) in [4.78, 5) is 0. The molecule has 3 heteroatoms. The van der Waals surface area contributed by atoms with Crippen molar-refractivity contribution >= 4 is 8.80 Å². The summed E-state index contributed by atoms with van der Waals surface area (Å²) in [5.41, 5.74) is 0.443. The maximum absolute atomic E-state index is 9.59. The van der Waals surface area contributed by atoms with Gasteiger partial charge in [0.2, 0.25) is 0 Å². The first kappa shape index (κ1) is 9.23. The third kappa shape index (κ3) is 2.04. The van der Waals surface area contributed by atoms with Crippen molar-refractivity contribution in [1.82, 2.24) is 0 Å². The van der Waals surface area contributed by atoms with Crippen LogP contribution in [0, 0.1) is 0 Å². The zero-order valence-corrected chi connectivity index (χ0v) is 8.48. The smallest absolute Gasteiger partial charge is 0.0801 e. The van der Waals surface area contributed by atoms with Crippen molar-refractivity contribution in [3.8, 4) is 0 Å². The van der Waals surface area contributed by atoms with Crippen molar-refractivity contribution in [2.75, 3.05) is 0 Å². The predicted octanol–water partition coefficient (Wildman–Crippen LogP) is 0.749. The van der Waals surface area contributed by atoms with Gasteiger partial charge in [-0.15, -0.1) is 0 Å². The maximum Gasteiger partial charge on any atom is 0.0801 e. The molecule has 0 saturated heterocycles. The van der Waals surface area contributed by atoms with E-state index in [0.717, 1.165) is 19.3 Å². The molecule has 2 N–H and O–H groups in total. The van der Waals surface area contributed by atoms with E-state index in [1.165, 1.54) is 0 Å². The van der Waals surface area contributed by atoms with E-state index >= 15 is 0 Å². The SMILES string of the molecule is C[SiH](C)C1CCC[C@H](O)[C@@H]1O. The topological polar surface area (TPSA) is 40.5 Å². The van der Waals surface area contributed by atoms with Crippen LogP contribution in [-0.2, 0) is 0 Å². The minimum Gasteiger partial charge on any atom is -0.390 e. The van der Waals surface area contributed by atoms with Crippen LogP contribution in [0.1, 0.15) is 19.3 Å². The molecule has 0 radical (unpaired) electrons. The van der Waals surface area contributed by atoms with E-state index in [1.54, 1.807) is 0 Å². The van der Waals surface area contributed by atoms with Crippen molar-refractivity contribution in [3.05, 3.63) is 0 Å². The lowest BCUT2D eigenvalue weighted by Crippen LogP contribution is -2.39. The van der Waals surface area contributed by atoms with E-state index in [-0.39, 0.29) is 0 Å². The fraction of sp³-hybridized carbons (Fsp3) is 1.00. The molecule has 0 aliphatic heterocycles. The van der Waals surface area contributed by atoms with Crippen molar-refractivity contribution in [2.45, 2.75) is 50.1 Å². The van der Waals surface area contributed by atoms with Crippen LogP contribution in [0.25, 0.3) is 0 Å². The molecule has 3 atom stereocenters. The summed E-state index contributed by atoms with van der Waals surface area (Å²) in [6.07, 6.45) is 2.15. The Balaban J connectivity index is 2.51. The van der Waals surface area contributed by atoms with Gasteiger partial charge in [-0.25, -0.2) is 0 Å². The second kappa shape index (κ2) is 3.69. The third-order valence-corrected chi connectivity index (χ3v) is 5.17. The Bertz CT molecular complexity index is 127. The van der Waals surface area contributed by atoms with Gasteiger partial charge in [0.15, 0.2) is 0 Å². The second-order valence-electron chi connectivity index (χ2n) is 3.90. The number of aliphatic hydroxyl groups is 2. The van der Waals surface area contributed by atoms with Crippen molar-refractivity contribution < 1.29 is 10.2 Å². The molecule has 1 aliphatic carbocycles. The molecule has 0 aromatic heterocycles. The highest BCUT2D eigenvalue weighted by molar-refractivity contribution is 6.57. The Hall–Kier alpha value is 0.137. The highest BCUT2D eigenvalue weighted by Gasteiger charge is 2.32. The lowest BCUT2D eigenvalue weighted by atomic mass is 9.94. The molecule has 1 fully saturated rings. The molecule has 0 aromatic rings. The normalized spacial score (nSPS) is 39.5. The monoisotopic (exact) mass is 174 g/mol. The van der Waals surface area contributed by atoms with E-state index in [9.17, 15) is 10.2 Å². The number of aliphatic hydroxyl groups excluding tert-OH is 2. The van der Waals surface area contributed by atoms with E-state index in [4.69, 9.17) is 0 Å². The Morgan fingerprint density at radius 3 is 2.27 bits per heavy atom. The van der Waals surface area contributed by atoms with Crippen LogP contribution in [0.15, 0.2) is 0 Å². The predicted molar refractivity (Wildman–Crippen MR) is 48.5 cm³/mol.